The van der Waals surface area contributed by atoms with E-state index in [9.17, 15) is 9.59 Å². The van der Waals surface area contributed by atoms with Gasteiger partial charge >= 0.3 is 0 Å². The standard InChI is InChI=1S/C20H16ClN3O5/c1-27-16-6-3-13(21)9-15(16)22-19(25)10-24-20(26)7-4-14(23-24)12-2-5-17-18(8-12)29-11-28-17/h2-9H,10-11H2,1H3,(H,22,25). The number of amides is 1. The van der Waals surface area contributed by atoms with Gasteiger partial charge in [-0.25, -0.2) is 4.68 Å². The van der Waals surface area contributed by atoms with Crippen LogP contribution < -0.4 is 25.1 Å². The first-order chi connectivity index (χ1) is 14.0. The quantitative estimate of drug-likeness (QED) is 0.691. The van der Waals surface area contributed by atoms with Gasteiger partial charge in [0.2, 0.25) is 12.7 Å². The summed E-state index contributed by atoms with van der Waals surface area (Å²) >= 11 is 5.98. The number of halogens is 1. The second kappa shape index (κ2) is 7.84. The number of hydrogen-bond donors (Lipinski definition) is 1. The van der Waals surface area contributed by atoms with Crippen LogP contribution in [0.3, 0.4) is 0 Å². The van der Waals surface area contributed by atoms with Crippen molar-refractivity contribution in [3.05, 3.63) is 63.9 Å². The lowest BCUT2D eigenvalue weighted by Gasteiger charge is -2.11. The van der Waals surface area contributed by atoms with Crippen LogP contribution in [0.5, 0.6) is 17.2 Å². The van der Waals surface area contributed by atoms with Crippen molar-refractivity contribution < 1.29 is 19.0 Å². The van der Waals surface area contributed by atoms with E-state index in [0.29, 0.717) is 33.7 Å². The highest BCUT2D eigenvalue weighted by molar-refractivity contribution is 6.31. The molecule has 0 atom stereocenters. The van der Waals surface area contributed by atoms with Gasteiger partial charge in [-0.2, -0.15) is 5.10 Å². The van der Waals surface area contributed by atoms with Gasteiger partial charge in [-0.05, 0) is 42.5 Å². The fraction of sp³-hybridized carbons (Fsp3) is 0.150. The molecule has 9 heteroatoms. The number of fused-ring (bicyclic) bond motifs is 1. The van der Waals surface area contributed by atoms with Crippen LogP contribution in [0.2, 0.25) is 5.02 Å². The van der Waals surface area contributed by atoms with Crippen LogP contribution in [0.4, 0.5) is 5.69 Å². The lowest BCUT2D eigenvalue weighted by atomic mass is 10.1. The summed E-state index contributed by atoms with van der Waals surface area (Å²) in [6, 6.07) is 13.2. The molecule has 148 valence electrons. The SMILES string of the molecule is COc1ccc(Cl)cc1NC(=O)Cn1nc(-c2ccc3c(c2)OCO3)ccc1=O. The van der Waals surface area contributed by atoms with Crippen molar-refractivity contribution in [3.63, 3.8) is 0 Å². The van der Waals surface area contributed by atoms with Gasteiger partial charge in [-0.15, -0.1) is 0 Å². The summed E-state index contributed by atoms with van der Waals surface area (Å²) in [7, 11) is 1.49. The number of hydrogen-bond acceptors (Lipinski definition) is 6. The number of benzene rings is 2. The number of nitrogens with one attached hydrogen (secondary N) is 1. The molecule has 4 rings (SSSR count). The van der Waals surface area contributed by atoms with Gasteiger partial charge in [0.25, 0.3) is 5.56 Å². The van der Waals surface area contributed by atoms with Crippen LogP contribution >= 0.6 is 11.6 Å². The number of nitrogens with zero attached hydrogens (tertiary/aromatic N) is 2. The monoisotopic (exact) mass is 413 g/mol. The first-order valence-electron chi connectivity index (χ1n) is 8.65. The summed E-state index contributed by atoms with van der Waals surface area (Å²) in [6.45, 7) is -0.105. The second-order valence-electron chi connectivity index (χ2n) is 6.18. The minimum atomic E-state index is -0.442. The number of carbonyl (C=O) groups is 1. The molecule has 2 aromatic carbocycles. The molecule has 0 radical (unpaired) electrons. The summed E-state index contributed by atoms with van der Waals surface area (Å²) < 4.78 is 17.0. The maximum Gasteiger partial charge on any atom is 0.267 e. The predicted octanol–water partition coefficient (Wildman–Crippen LogP) is 2.94. The van der Waals surface area contributed by atoms with Crippen molar-refractivity contribution in [1.82, 2.24) is 9.78 Å². The first-order valence-corrected chi connectivity index (χ1v) is 9.03. The molecular weight excluding hydrogens is 398 g/mol. The summed E-state index contributed by atoms with van der Waals surface area (Å²) in [5.41, 5.74) is 1.27. The van der Waals surface area contributed by atoms with E-state index in [1.54, 1.807) is 36.4 Å². The molecule has 29 heavy (non-hydrogen) atoms. The lowest BCUT2D eigenvalue weighted by molar-refractivity contribution is -0.117. The van der Waals surface area contributed by atoms with Crippen LogP contribution in [-0.4, -0.2) is 29.6 Å². The Morgan fingerprint density at radius 3 is 2.83 bits per heavy atom. The fourth-order valence-electron chi connectivity index (χ4n) is 2.88. The van der Waals surface area contributed by atoms with E-state index in [0.717, 1.165) is 10.2 Å². The molecule has 8 nitrogen and oxygen atoms in total. The summed E-state index contributed by atoms with van der Waals surface area (Å²) in [6.07, 6.45) is 0. The van der Waals surface area contributed by atoms with Gasteiger partial charge in [0.05, 0.1) is 18.5 Å². The second-order valence-corrected chi connectivity index (χ2v) is 6.61. The molecule has 0 spiro atoms. The Morgan fingerprint density at radius 1 is 1.17 bits per heavy atom. The van der Waals surface area contributed by atoms with E-state index in [1.807, 2.05) is 6.07 Å². The van der Waals surface area contributed by atoms with Crippen LogP contribution in [0.15, 0.2) is 53.3 Å². The van der Waals surface area contributed by atoms with Crippen LogP contribution in [-0.2, 0) is 11.3 Å². The normalized spacial score (nSPS) is 11.9. The maximum absolute atomic E-state index is 12.5. The van der Waals surface area contributed by atoms with Crippen molar-refractivity contribution in [1.29, 1.82) is 0 Å². The Labute approximate surface area is 170 Å². The summed E-state index contributed by atoms with van der Waals surface area (Å²) in [4.78, 5) is 24.7. The highest BCUT2D eigenvalue weighted by Gasteiger charge is 2.16. The Morgan fingerprint density at radius 2 is 2.00 bits per heavy atom. The van der Waals surface area contributed by atoms with E-state index in [-0.39, 0.29) is 13.3 Å². The lowest BCUT2D eigenvalue weighted by Crippen LogP contribution is -2.29. The fourth-order valence-corrected chi connectivity index (χ4v) is 3.05. The molecule has 1 aliphatic heterocycles. The number of rotatable bonds is 5. The van der Waals surface area contributed by atoms with E-state index in [2.05, 4.69) is 10.4 Å². The zero-order valence-electron chi connectivity index (χ0n) is 15.3. The average molecular weight is 414 g/mol. The molecule has 1 N–H and O–H groups in total. The number of methoxy groups -OCH3 is 1. The zero-order valence-corrected chi connectivity index (χ0v) is 16.1. The number of ether oxygens (including phenoxy) is 3. The predicted molar refractivity (Wildman–Crippen MR) is 107 cm³/mol. The topological polar surface area (TPSA) is 91.7 Å². The van der Waals surface area contributed by atoms with Crippen molar-refractivity contribution in [2.75, 3.05) is 19.2 Å². The van der Waals surface area contributed by atoms with E-state index in [4.69, 9.17) is 25.8 Å². The third kappa shape index (κ3) is 4.02. The summed E-state index contributed by atoms with van der Waals surface area (Å²) in [5.74, 6) is 1.27. The maximum atomic E-state index is 12.5. The number of aromatic nitrogens is 2. The highest BCUT2D eigenvalue weighted by atomic mass is 35.5. The van der Waals surface area contributed by atoms with Crippen molar-refractivity contribution >= 4 is 23.2 Å². The third-order valence-corrected chi connectivity index (χ3v) is 4.50. The van der Waals surface area contributed by atoms with E-state index in [1.165, 1.54) is 13.2 Å². The van der Waals surface area contributed by atoms with Gasteiger partial charge in [0.1, 0.15) is 12.3 Å². The van der Waals surface area contributed by atoms with Gasteiger partial charge in [-0.1, -0.05) is 11.6 Å². The number of carbonyl (C=O) groups excluding carboxylic acids is 1. The molecular formula is C20H16ClN3O5. The van der Waals surface area contributed by atoms with Gasteiger partial charge in [0.15, 0.2) is 11.5 Å². The largest absolute Gasteiger partial charge is 0.495 e. The van der Waals surface area contributed by atoms with Gasteiger partial charge < -0.3 is 19.5 Å². The molecule has 0 saturated heterocycles. The van der Waals surface area contributed by atoms with Crippen LogP contribution in [0.25, 0.3) is 11.3 Å². The average Bonchev–Trinajstić information content (AvgIpc) is 3.17. The molecule has 3 aromatic rings. The van der Waals surface area contributed by atoms with Crippen molar-refractivity contribution in [3.8, 4) is 28.5 Å². The third-order valence-electron chi connectivity index (χ3n) is 4.26. The zero-order chi connectivity index (χ0) is 20.4. The molecule has 1 aliphatic rings. The smallest absolute Gasteiger partial charge is 0.267 e. The Hall–Kier alpha value is -3.52. The Bertz CT molecular complexity index is 1150. The first kappa shape index (κ1) is 18.8. The van der Waals surface area contributed by atoms with Gasteiger partial charge in [0, 0.05) is 16.7 Å². The number of anilines is 1. The highest BCUT2D eigenvalue weighted by Crippen LogP contribution is 2.35. The molecule has 0 aliphatic carbocycles. The Kier molecular flexibility index (Phi) is 5.09. The molecule has 0 bridgehead atoms. The molecule has 2 heterocycles. The molecule has 1 aromatic heterocycles. The minimum Gasteiger partial charge on any atom is -0.495 e. The van der Waals surface area contributed by atoms with Crippen molar-refractivity contribution in [2.45, 2.75) is 6.54 Å². The Balaban J connectivity index is 1.56. The molecule has 1 amide bonds. The van der Waals surface area contributed by atoms with Gasteiger partial charge in [-0.3, -0.25) is 9.59 Å². The molecule has 0 fully saturated rings. The van der Waals surface area contributed by atoms with E-state index >= 15 is 0 Å². The summed E-state index contributed by atoms with van der Waals surface area (Å²) in [5, 5.41) is 7.43. The van der Waals surface area contributed by atoms with Crippen LogP contribution in [0, 0.1) is 0 Å². The minimum absolute atomic E-state index is 0.166. The van der Waals surface area contributed by atoms with Crippen LogP contribution in [0.1, 0.15) is 0 Å². The van der Waals surface area contributed by atoms with E-state index < -0.39 is 11.5 Å². The van der Waals surface area contributed by atoms with Crippen molar-refractivity contribution in [2.24, 2.45) is 0 Å². The molecule has 0 unspecified atom stereocenters. The molecule has 0 saturated carbocycles.